The maximum atomic E-state index is 12.7. The molecule has 3 rings (SSSR count). The molecule has 2 N–H and O–H groups in total. The number of nitrogens with zero attached hydrogens (tertiary/aromatic N) is 2. The van der Waals surface area contributed by atoms with Gasteiger partial charge in [-0.05, 0) is 24.1 Å². The van der Waals surface area contributed by atoms with Crippen LogP contribution in [0.2, 0.25) is 0 Å². The lowest BCUT2D eigenvalue weighted by molar-refractivity contribution is -0.115. The Kier molecular flexibility index (Phi) is 5.11. The number of aromatic nitrogens is 1. The van der Waals surface area contributed by atoms with E-state index in [1.54, 1.807) is 24.3 Å². The van der Waals surface area contributed by atoms with Crippen molar-refractivity contribution in [2.75, 3.05) is 16.8 Å². The molecule has 0 fully saturated rings. The second-order valence-electron chi connectivity index (χ2n) is 5.89. The average molecular weight is 360 g/mol. The van der Waals surface area contributed by atoms with Crippen LogP contribution in [0.25, 0.3) is 0 Å². The third-order valence-electron chi connectivity index (χ3n) is 4.16. The average Bonchev–Trinajstić information content (AvgIpc) is 2.65. The van der Waals surface area contributed by atoms with Gasteiger partial charge in [-0.25, -0.2) is 18.6 Å². The second-order valence-corrected chi connectivity index (χ2v) is 5.89. The fourth-order valence-corrected chi connectivity index (χ4v) is 2.81. The normalized spacial score (nSPS) is 14.6. The predicted octanol–water partition coefficient (Wildman–Crippen LogP) is 3.64. The smallest absolute Gasteiger partial charge is 0.324 e. The van der Waals surface area contributed by atoms with Crippen molar-refractivity contribution in [2.24, 2.45) is 0 Å². The molecule has 0 saturated carbocycles. The first-order chi connectivity index (χ1) is 12.5. The van der Waals surface area contributed by atoms with Gasteiger partial charge in [-0.15, -0.1) is 0 Å². The molecule has 0 aliphatic carbocycles. The van der Waals surface area contributed by atoms with Gasteiger partial charge in [0.15, 0.2) is 5.82 Å². The monoisotopic (exact) mass is 360 g/mol. The summed E-state index contributed by atoms with van der Waals surface area (Å²) in [7, 11) is 0. The summed E-state index contributed by atoms with van der Waals surface area (Å²) in [5.41, 5.74) is 1.11. The Balaban J connectivity index is 1.78. The summed E-state index contributed by atoms with van der Waals surface area (Å²) < 4.78 is 25.4. The molecule has 0 saturated heterocycles. The van der Waals surface area contributed by atoms with Crippen molar-refractivity contribution in [3.8, 4) is 0 Å². The minimum Gasteiger partial charge on any atom is -0.331 e. The summed E-state index contributed by atoms with van der Waals surface area (Å²) >= 11 is 0. The van der Waals surface area contributed by atoms with Crippen LogP contribution in [0.1, 0.15) is 36.9 Å². The SMILES string of the molecule is CCC(NC(=O)N1CC(=O)Nc2cccnc21)c1ccc(C(F)F)cc1. The van der Waals surface area contributed by atoms with Crippen molar-refractivity contribution in [1.29, 1.82) is 0 Å². The van der Waals surface area contributed by atoms with E-state index in [1.807, 2.05) is 6.92 Å². The number of nitrogens with one attached hydrogen (secondary N) is 2. The summed E-state index contributed by atoms with van der Waals surface area (Å²) in [5, 5.41) is 5.51. The molecule has 2 aromatic rings. The van der Waals surface area contributed by atoms with E-state index in [0.717, 1.165) is 0 Å². The number of amides is 3. The number of hydrogen-bond donors (Lipinski definition) is 2. The zero-order valence-corrected chi connectivity index (χ0v) is 14.1. The number of hydrogen-bond acceptors (Lipinski definition) is 3. The van der Waals surface area contributed by atoms with Gasteiger partial charge in [0.25, 0.3) is 6.43 Å². The number of rotatable bonds is 4. The molecule has 1 aromatic heterocycles. The maximum absolute atomic E-state index is 12.7. The topological polar surface area (TPSA) is 74.3 Å². The number of carbonyl (C=O) groups is 2. The van der Waals surface area contributed by atoms with Gasteiger partial charge in [0.05, 0.1) is 11.7 Å². The lowest BCUT2D eigenvalue weighted by Crippen LogP contribution is -2.48. The van der Waals surface area contributed by atoms with Gasteiger partial charge < -0.3 is 10.6 Å². The third kappa shape index (κ3) is 3.63. The van der Waals surface area contributed by atoms with E-state index in [-0.39, 0.29) is 24.1 Å². The van der Waals surface area contributed by atoms with E-state index >= 15 is 0 Å². The van der Waals surface area contributed by atoms with Crippen LogP contribution in [0, 0.1) is 0 Å². The van der Waals surface area contributed by atoms with Gasteiger partial charge in [0, 0.05) is 11.8 Å². The number of fused-ring (bicyclic) bond motifs is 1. The van der Waals surface area contributed by atoms with Crippen LogP contribution in [0.5, 0.6) is 0 Å². The van der Waals surface area contributed by atoms with Crippen molar-refractivity contribution in [3.05, 3.63) is 53.7 Å². The minimum atomic E-state index is -2.53. The number of benzene rings is 1. The lowest BCUT2D eigenvalue weighted by atomic mass is 10.0. The van der Waals surface area contributed by atoms with E-state index in [9.17, 15) is 18.4 Å². The summed E-state index contributed by atoms with van der Waals surface area (Å²) in [6, 6.07) is 8.34. The highest BCUT2D eigenvalue weighted by Crippen LogP contribution is 2.27. The molecule has 1 aliphatic rings. The zero-order valence-electron chi connectivity index (χ0n) is 14.1. The standard InChI is InChI=1S/C18H18F2N4O2/c1-2-13(11-5-7-12(8-6-11)16(19)20)23-18(26)24-10-15(25)22-14-4-3-9-21-17(14)24/h3-9,13,16H,2,10H2,1H3,(H,22,25)(H,23,26). The first kappa shape index (κ1) is 17.8. The highest BCUT2D eigenvalue weighted by Gasteiger charge is 2.29. The van der Waals surface area contributed by atoms with E-state index in [4.69, 9.17) is 0 Å². The van der Waals surface area contributed by atoms with Crippen LogP contribution in [0.15, 0.2) is 42.6 Å². The van der Waals surface area contributed by atoms with Crippen LogP contribution < -0.4 is 15.5 Å². The van der Waals surface area contributed by atoms with Crippen LogP contribution in [-0.2, 0) is 4.79 Å². The number of urea groups is 1. The van der Waals surface area contributed by atoms with Crippen molar-refractivity contribution in [2.45, 2.75) is 25.8 Å². The Morgan fingerprint density at radius 1 is 1.27 bits per heavy atom. The summed E-state index contributed by atoms with van der Waals surface area (Å²) in [6.07, 6.45) is -0.431. The molecule has 0 spiro atoms. The molecule has 0 bridgehead atoms. The van der Waals surface area contributed by atoms with Crippen molar-refractivity contribution in [3.63, 3.8) is 0 Å². The summed E-state index contributed by atoms with van der Waals surface area (Å²) in [5.74, 6) is 0.0579. The zero-order chi connectivity index (χ0) is 18.7. The molecule has 0 radical (unpaired) electrons. The molecule has 1 atom stereocenters. The van der Waals surface area contributed by atoms with Crippen LogP contribution in [-0.4, -0.2) is 23.5 Å². The molecule has 1 unspecified atom stereocenters. The highest BCUT2D eigenvalue weighted by molar-refractivity contribution is 6.08. The van der Waals surface area contributed by atoms with Crippen molar-refractivity contribution in [1.82, 2.24) is 10.3 Å². The number of anilines is 2. The Hall–Kier alpha value is -3.03. The number of alkyl halides is 2. The van der Waals surface area contributed by atoms with E-state index < -0.39 is 12.5 Å². The van der Waals surface area contributed by atoms with Crippen LogP contribution in [0.4, 0.5) is 25.1 Å². The largest absolute Gasteiger partial charge is 0.331 e. The molecule has 6 nitrogen and oxygen atoms in total. The first-order valence-corrected chi connectivity index (χ1v) is 8.20. The predicted molar refractivity (Wildman–Crippen MR) is 93.2 cm³/mol. The van der Waals surface area contributed by atoms with Crippen LogP contribution in [0.3, 0.4) is 0 Å². The molecular weight excluding hydrogens is 342 g/mol. The highest BCUT2D eigenvalue weighted by atomic mass is 19.3. The number of pyridine rings is 1. The Bertz CT molecular complexity index is 811. The molecule has 2 heterocycles. The molecule has 1 aliphatic heterocycles. The second kappa shape index (κ2) is 7.47. The Morgan fingerprint density at radius 2 is 1.96 bits per heavy atom. The number of carbonyl (C=O) groups excluding carboxylic acids is 2. The molecule has 3 amide bonds. The Morgan fingerprint density at radius 3 is 2.62 bits per heavy atom. The van der Waals surface area contributed by atoms with Crippen molar-refractivity contribution < 1.29 is 18.4 Å². The molecule has 8 heteroatoms. The fraction of sp³-hybridized carbons (Fsp3) is 0.278. The van der Waals surface area contributed by atoms with Gasteiger partial charge in [-0.3, -0.25) is 9.69 Å². The molecule has 136 valence electrons. The van der Waals surface area contributed by atoms with Gasteiger partial charge in [0.1, 0.15) is 6.54 Å². The van der Waals surface area contributed by atoms with E-state index in [0.29, 0.717) is 23.5 Å². The quantitative estimate of drug-likeness (QED) is 0.874. The summed E-state index contributed by atoms with van der Waals surface area (Å²) in [6.45, 7) is 1.73. The minimum absolute atomic E-state index is 0.0687. The fourth-order valence-electron chi connectivity index (χ4n) is 2.81. The maximum Gasteiger partial charge on any atom is 0.324 e. The lowest BCUT2D eigenvalue weighted by Gasteiger charge is -2.29. The Labute approximate surface area is 149 Å². The summed E-state index contributed by atoms with van der Waals surface area (Å²) in [4.78, 5) is 30.0. The molecule has 26 heavy (non-hydrogen) atoms. The molecule has 1 aromatic carbocycles. The van der Waals surface area contributed by atoms with E-state index in [2.05, 4.69) is 15.6 Å². The first-order valence-electron chi connectivity index (χ1n) is 8.20. The van der Waals surface area contributed by atoms with Gasteiger partial charge in [-0.1, -0.05) is 31.2 Å². The van der Waals surface area contributed by atoms with E-state index in [1.165, 1.54) is 23.2 Å². The van der Waals surface area contributed by atoms with Crippen LogP contribution >= 0.6 is 0 Å². The van der Waals surface area contributed by atoms with Gasteiger partial charge in [-0.2, -0.15) is 0 Å². The van der Waals surface area contributed by atoms with Gasteiger partial charge in [0.2, 0.25) is 5.91 Å². The molecular formula is C18H18F2N4O2. The van der Waals surface area contributed by atoms with Gasteiger partial charge >= 0.3 is 6.03 Å². The third-order valence-corrected chi connectivity index (χ3v) is 4.16. The number of halogens is 2. The van der Waals surface area contributed by atoms with Crippen molar-refractivity contribution >= 4 is 23.4 Å².